The van der Waals surface area contributed by atoms with Crippen LogP contribution < -0.4 is 5.73 Å². The van der Waals surface area contributed by atoms with E-state index >= 15 is 0 Å². The van der Waals surface area contributed by atoms with E-state index < -0.39 is 0 Å². The molecule has 4 heteroatoms. The predicted molar refractivity (Wildman–Crippen MR) is 72.7 cm³/mol. The molecule has 1 heterocycles. The van der Waals surface area contributed by atoms with Gasteiger partial charge in [-0.25, -0.2) is 4.98 Å². The van der Waals surface area contributed by atoms with Crippen LogP contribution >= 0.6 is 0 Å². The molecule has 2 N–H and O–H groups in total. The van der Waals surface area contributed by atoms with Gasteiger partial charge in [-0.3, -0.25) is 0 Å². The van der Waals surface area contributed by atoms with Gasteiger partial charge in [-0.05, 0) is 43.6 Å². The molecule has 1 aromatic heterocycles. The summed E-state index contributed by atoms with van der Waals surface area (Å²) in [4.78, 5) is 6.18. The molecule has 1 aromatic rings. The SMILES string of the molecule is CC(C)C(N)CCN(C)Cc1ccnc(C#N)c1. The molecular weight excluding hydrogens is 224 g/mol. The predicted octanol–water partition coefficient (Wildman–Crippen LogP) is 1.76. The van der Waals surface area contributed by atoms with Crippen LogP contribution in [-0.2, 0) is 6.54 Å². The summed E-state index contributed by atoms with van der Waals surface area (Å²) in [6.45, 7) is 6.07. The van der Waals surface area contributed by atoms with Crippen molar-refractivity contribution in [2.45, 2.75) is 32.9 Å². The Morgan fingerprint density at radius 1 is 1.50 bits per heavy atom. The molecule has 0 amide bonds. The van der Waals surface area contributed by atoms with Gasteiger partial charge in [0.1, 0.15) is 11.8 Å². The third kappa shape index (κ3) is 4.82. The Hall–Kier alpha value is -1.44. The Morgan fingerprint density at radius 3 is 2.83 bits per heavy atom. The van der Waals surface area contributed by atoms with Gasteiger partial charge in [0.2, 0.25) is 0 Å². The molecule has 0 radical (unpaired) electrons. The van der Waals surface area contributed by atoms with Crippen LogP contribution in [0, 0.1) is 17.2 Å². The Morgan fingerprint density at radius 2 is 2.22 bits per heavy atom. The van der Waals surface area contributed by atoms with Crippen LogP contribution in [0.4, 0.5) is 0 Å². The van der Waals surface area contributed by atoms with Crippen LogP contribution in [-0.4, -0.2) is 29.5 Å². The van der Waals surface area contributed by atoms with E-state index in [1.54, 1.807) is 6.20 Å². The molecule has 0 aliphatic heterocycles. The lowest BCUT2D eigenvalue weighted by molar-refractivity contribution is 0.296. The molecule has 98 valence electrons. The molecule has 0 spiro atoms. The van der Waals surface area contributed by atoms with Gasteiger partial charge in [0.05, 0.1) is 0 Å². The number of aromatic nitrogens is 1. The van der Waals surface area contributed by atoms with Gasteiger partial charge >= 0.3 is 0 Å². The van der Waals surface area contributed by atoms with E-state index in [2.05, 4.69) is 36.8 Å². The maximum atomic E-state index is 8.79. The zero-order valence-electron chi connectivity index (χ0n) is 11.4. The summed E-state index contributed by atoms with van der Waals surface area (Å²) in [5, 5.41) is 8.79. The second kappa shape index (κ2) is 7.10. The molecule has 1 rings (SSSR count). The van der Waals surface area contributed by atoms with Gasteiger partial charge in [0.15, 0.2) is 0 Å². The Labute approximate surface area is 109 Å². The van der Waals surface area contributed by atoms with Crippen LogP contribution in [0.15, 0.2) is 18.3 Å². The molecule has 0 aromatic carbocycles. The lowest BCUT2D eigenvalue weighted by Gasteiger charge is -2.21. The van der Waals surface area contributed by atoms with Gasteiger partial charge in [0, 0.05) is 18.8 Å². The second-order valence-corrected chi connectivity index (χ2v) is 5.10. The first kappa shape index (κ1) is 14.6. The Kier molecular flexibility index (Phi) is 5.76. The molecule has 0 saturated carbocycles. The van der Waals surface area contributed by atoms with Gasteiger partial charge in [-0.1, -0.05) is 13.8 Å². The summed E-state index contributed by atoms with van der Waals surface area (Å²) in [7, 11) is 2.07. The number of hydrogen-bond acceptors (Lipinski definition) is 4. The van der Waals surface area contributed by atoms with Crippen LogP contribution in [0.2, 0.25) is 0 Å². The van der Waals surface area contributed by atoms with Crippen molar-refractivity contribution in [3.63, 3.8) is 0 Å². The van der Waals surface area contributed by atoms with Gasteiger partial charge in [0.25, 0.3) is 0 Å². The quantitative estimate of drug-likeness (QED) is 0.830. The molecular formula is C14H22N4. The maximum absolute atomic E-state index is 8.79. The average molecular weight is 246 g/mol. The highest BCUT2D eigenvalue weighted by Crippen LogP contribution is 2.07. The fourth-order valence-electron chi connectivity index (χ4n) is 1.73. The summed E-state index contributed by atoms with van der Waals surface area (Å²) in [6.07, 6.45) is 2.67. The van der Waals surface area contributed by atoms with Crippen LogP contribution in [0.3, 0.4) is 0 Å². The topological polar surface area (TPSA) is 65.9 Å². The van der Waals surface area contributed by atoms with E-state index in [1.165, 1.54) is 0 Å². The fourth-order valence-corrected chi connectivity index (χ4v) is 1.73. The van der Waals surface area contributed by atoms with Gasteiger partial charge in [-0.15, -0.1) is 0 Å². The lowest BCUT2D eigenvalue weighted by atomic mass is 10.0. The summed E-state index contributed by atoms with van der Waals surface area (Å²) < 4.78 is 0. The summed E-state index contributed by atoms with van der Waals surface area (Å²) in [5.41, 5.74) is 7.61. The fraction of sp³-hybridized carbons (Fsp3) is 0.571. The van der Waals surface area contributed by atoms with Crippen molar-refractivity contribution < 1.29 is 0 Å². The Balaban J connectivity index is 2.44. The number of nitrogens with zero attached hydrogens (tertiary/aromatic N) is 3. The summed E-state index contributed by atoms with van der Waals surface area (Å²) >= 11 is 0. The third-order valence-corrected chi connectivity index (χ3v) is 3.09. The zero-order chi connectivity index (χ0) is 13.5. The van der Waals surface area contributed by atoms with E-state index in [9.17, 15) is 0 Å². The van der Waals surface area contributed by atoms with Gasteiger partial charge < -0.3 is 10.6 Å². The van der Waals surface area contributed by atoms with E-state index in [0.29, 0.717) is 11.6 Å². The highest BCUT2D eigenvalue weighted by Gasteiger charge is 2.09. The van der Waals surface area contributed by atoms with E-state index in [0.717, 1.165) is 25.1 Å². The molecule has 0 aliphatic carbocycles. The molecule has 18 heavy (non-hydrogen) atoms. The monoisotopic (exact) mass is 246 g/mol. The van der Waals surface area contributed by atoms with Crippen LogP contribution in [0.25, 0.3) is 0 Å². The molecule has 4 nitrogen and oxygen atoms in total. The Bertz CT molecular complexity index is 409. The van der Waals surface area contributed by atoms with Crippen molar-refractivity contribution in [3.05, 3.63) is 29.6 Å². The first-order valence-electron chi connectivity index (χ1n) is 6.32. The first-order valence-corrected chi connectivity index (χ1v) is 6.32. The number of rotatable bonds is 6. The average Bonchev–Trinajstić information content (AvgIpc) is 2.36. The van der Waals surface area contributed by atoms with Crippen molar-refractivity contribution in [1.82, 2.24) is 9.88 Å². The number of nitriles is 1. The van der Waals surface area contributed by atoms with Crippen molar-refractivity contribution in [2.24, 2.45) is 11.7 Å². The van der Waals surface area contributed by atoms with Crippen molar-refractivity contribution in [1.29, 1.82) is 5.26 Å². The van der Waals surface area contributed by atoms with Crippen molar-refractivity contribution in [2.75, 3.05) is 13.6 Å². The van der Waals surface area contributed by atoms with Crippen molar-refractivity contribution in [3.8, 4) is 6.07 Å². The minimum atomic E-state index is 0.250. The summed E-state index contributed by atoms with van der Waals surface area (Å²) in [6, 6.07) is 6.08. The molecule has 0 saturated heterocycles. The number of hydrogen-bond donors (Lipinski definition) is 1. The van der Waals surface area contributed by atoms with Crippen LogP contribution in [0.5, 0.6) is 0 Å². The molecule has 0 fully saturated rings. The smallest absolute Gasteiger partial charge is 0.140 e. The number of nitrogens with two attached hydrogens (primary N) is 1. The molecule has 1 atom stereocenters. The largest absolute Gasteiger partial charge is 0.327 e. The molecule has 0 aliphatic rings. The minimum Gasteiger partial charge on any atom is -0.327 e. The maximum Gasteiger partial charge on any atom is 0.140 e. The van der Waals surface area contributed by atoms with E-state index in [-0.39, 0.29) is 6.04 Å². The van der Waals surface area contributed by atoms with Gasteiger partial charge in [-0.2, -0.15) is 5.26 Å². The minimum absolute atomic E-state index is 0.250. The molecule has 1 unspecified atom stereocenters. The normalized spacial score (nSPS) is 12.7. The summed E-state index contributed by atoms with van der Waals surface area (Å²) in [5.74, 6) is 0.518. The van der Waals surface area contributed by atoms with Crippen molar-refractivity contribution >= 4 is 0 Å². The lowest BCUT2D eigenvalue weighted by Crippen LogP contribution is -2.31. The van der Waals surface area contributed by atoms with E-state index in [4.69, 9.17) is 11.0 Å². The first-order chi connectivity index (χ1) is 8.52. The highest BCUT2D eigenvalue weighted by molar-refractivity contribution is 5.25. The molecule has 0 bridgehead atoms. The van der Waals surface area contributed by atoms with Crippen LogP contribution in [0.1, 0.15) is 31.5 Å². The second-order valence-electron chi connectivity index (χ2n) is 5.10. The zero-order valence-corrected chi connectivity index (χ0v) is 11.4. The highest BCUT2D eigenvalue weighted by atomic mass is 15.1. The third-order valence-electron chi connectivity index (χ3n) is 3.09. The number of pyridine rings is 1. The van der Waals surface area contributed by atoms with E-state index in [1.807, 2.05) is 12.1 Å². The standard InChI is InChI=1S/C14H22N4/c1-11(2)14(16)5-7-18(3)10-12-4-6-17-13(8-12)9-15/h4,6,8,11,14H,5,7,10,16H2,1-3H3.